The molecule has 116 valence electrons. The fraction of sp³-hybridized carbons (Fsp3) is 0.562. The van der Waals surface area contributed by atoms with Gasteiger partial charge in [-0.2, -0.15) is 0 Å². The van der Waals surface area contributed by atoms with Crippen molar-refractivity contribution in [1.82, 2.24) is 10.6 Å². The van der Waals surface area contributed by atoms with Crippen LogP contribution < -0.4 is 10.6 Å². The van der Waals surface area contributed by atoms with Gasteiger partial charge in [0.1, 0.15) is 5.82 Å². The molecule has 1 aromatic carbocycles. The zero-order valence-corrected chi connectivity index (χ0v) is 12.6. The second kappa shape index (κ2) is 8.62. The molecule has 1 unspecified atom stereocenters. The molecule has 2 N–H and O–H groups in total. The lowest BCUT2D eigenvalue weighted by molar-refractivity contribution is 0.105. The third-order valence-electron chi connectivity index (χ3n) is 3.49. The van der Waals surface area contributed by atoms with Gasteiger partial charge in [-0.25, -0.2) is 9.38 Å². The molecule has 1 fully saturated rings. The predicted molar refractivity (Wildman–Crippen MR) is 82.8 cm³/mol. The Hall–Kier alpha value is -1.62. The minimum Gasteiger partial charge on any atom is -0.378 e. The summed E-state index contributed by atoms with van der Waals surface area (Å²) in [5.74, 6) is 0.509. The molecule has 2 rings (SSSR count). The van der Waals surface area contributed by atoms with E-state index in [0.29, 0.717) is 18.2 Å². The summed E-state index contributed by atoms with van der Waals surface area (Å²) in [4.78, 5) is 4.42. The van der Waals surface area contributed by atoms with E-state index in [1.807, 2.05) is 13.0 Å². The smallest absolute Gasteiger partial charge is 0.191 e. The number of ether oxygens (including phenoxy) is 1. The molecule has 0 saturated carbocycles. The zero-order valence-electron chi connectivity index (χ0n) is 12.6. The second-order valence-corrected chi connectivity index (χ2v) is 5.14. The third kappa shape index (κ3) is 5.34. The average molecular weight is 293 g/mol. The summed E-state index contributed by atoms with van der Waals surface area (Å²) >= 11 is 0. The number of hydrogen-bond donors (Lipinski definition) is 2. The fourth-order valence-corrected chi connectivity index (χ4v) is 2.36. The van der Waals surface area contributed by atoms with E-state index in [1.54, 1.807) is 12.1 Å². The fourth-order valence-electron chi connectivity index (χ4n) is 2.36. The van der Waals surface area contributed by atoms with E-state index in [-0.39, 0.29) is 5.82 Å². The Morgan fingerprint density at radius 2 is 2.24 bits per heavy atom. The van der Waals surface area contributed by atoms with Crippen LogP contribution in [-0.4, -0.2) is 31.8 Å². The molecule has 1 aromatic rings. The molecule has 1 aliphatic rings. The summed E-state index contributed by atoms with van der Waals surface area (Å²) in [7, 11) is 0. The maximum atomic E-state index is 13.6. The summed E-state index contributed by atoms with van der Waals surface area (Å²) < 4.78 is 19.1. The molecule has 0 bridgehead atoms. The molecule has 21 heavy (non-hydrogen) atoms. The van der Waals surface area contributed by atoms with E-state index < -0.39 is 0 Å². The first-order chi connectivity index (χ1) is 10.3. The normalized spacial score (nSPS) is 18.8. The number of halogens is 1. The number of aliphatic imine (C=N–C) groups is 1. The van der Waals surface area contributed by atoms with Gasteiger partial charge in [0.15, 0.2) is 5.96 Å². The molecule has 0 amide bonds. The molecule has 0 radical (unpaired) electrons. The summed E-state index contributed by atoms with van der Waals surface area (Å²) in [5.41, 5.74) is 0.605. The Morgan fingerprint density at radius 1 is 1.38 bits per heavy atom. The monoisotopic (exact) mass is 293 g/mol. The van der Waals surface area contributed by atoms with Gasteiger partial charge in [0.2, 0.25) is 0 Å². The Morgan fingerprint density at radius 3 is 2.95 bits per heavy atom. The van der Waals surface area contributed by atoms with Gasteiger partial charge < -0.3 is 15.4 Å². The largest absolute Gasteiger partial charge is 0.378 e. The lowest BCUT2D eigenvalue weighted by Gasteiger charge is -2.13. The number of rotatable bonds is 6. The minimum absolute atomic E-state index is 0.212. The van der Waals surface area contributed by atoms with Crippen LogP contribution in [0, 0.1) is 5.82 Å². The number of hydrogen-bond acceptors (Lipinski definition) is 2. The number of nitrogens with one attached hydrogen (secondary N) is 2. The first kappa shape index (κ1) is 15.8. The number of guanidine groups is 1. The van der Waals surface area contributed by atoms with Gasteiger partial charge in [-0.1, -0.05) is 18.2 Å². The predicted octanol–water partition coefficient (Wildman–Crippen LogP) is 2.45. The summed E-state index contributed by atoms with van der Waals surface area (Å²) in [6, 6.07) is 6.73. The molecule has 0 spiro atoms. The van der Waals surface area contributed by atoms with Gasteiger partial charge in [0.05, 0.1) is 12.6 Å². The van der Waals surface area contributed by atoms with Crippen molar-refractivity contribution in [3.63, 3.8) is 0 Å². The first-order valence-electron chi connectivity index (χ1n) is 7.66. The number of nitrogens with zero attached hydrogens (tertiary/aromatic N) is 1. The van der Waals surface area contributed by atoms with Crippen molar-refractivity contribution in [2.24, 2.45) is 4.99 Å². The molecule has 1 aliphatic heterocycles. The zero-order chi connectivity index (χ0) is 14.9. The van der Waals surface area contributed by atoms with E-state index >= 15 is 0 Å². The van der Waals surface area contributed by atoms with Crippen LogP contribution in [-0.2, 0) is 11.3 Å². The van der Waals surface area contributed by atoms with Crippen molar-refractivity contribution < 1.29 is 9.13 Å². The van der Waals surface area contributed by atoms with Gasteiger partial charge in [-0.05, 0) is 32.3 Å². The topological polar surface area (TPSA) is 45.7 Å². The average Bonchev–Trinajstić information content (AvgIpc) is 2.99. The maximum absolute atomic E-state index is 13.6. The van der Waals surface area contributed by atoms with Crippen LogP contribution in [0.25, 0.3) is 0 Å². The lowest BCUT2D eigenvalue weighted by Crippen LogP contribution is -2.38. The SMILES string of the molecule is CCNC(=NCc1ccccc1F)NCCC1CCCO1. The highest BCUT2D eigenvalue weighted by molar-refractivity contribution is 5.79. The molecule has 1 heterocycles. The second-order valence-electron chi connectivity index (χ2n) is 5.14. The Kier molecular flexibility index (Phi) is 6.47. The van der Waals surface area contributed by atoms with Crippen LogP contribution >= 0.6 is 0 Å². The van der Waals surface area contributed by atoms with Gasteiger partial charge in [0.25, 0.3) is 0 Å². The van der Waals surface area contributed by atoms with Crippen LogP contribution in [0.2, 0.25) is 0 Å². The Labute approximate surface area is 125 Å². The van der Waals surface area contributed by atoms with Crippen molar-refractivity contribution in [2.75, 3.05) is 19.7 Å². The molecular weight excluding hydrogens is 269 g/mol. The molecular formula is C16H24FN3O. The molecule has 0 aromatic heterocycles. The molecule has 1 atom stereocenters. The lowest BCUT2D eigenvalue weighted by atomic mass is 10.2. The van der Waals surface area contributed by atoms with Gasteiger partial charge in [-0.3, -0.25) is 0 Å². The van der Waals surface area contributed by atoms with Crippen molar-refractivity contribution in [3.05, 3.63) is 35.6 Å². The van der Waals surface area contributed by atoms with Crippen LogP contribution in [0.1, 0.15) is 31.7 Å². The third-order valence-corrected chi connectivity index (χ3v) is 3.49. The van der Waals surface area contributed by atoms with Crippen molar-refractivity contribution in [1.29, 1.82) is 0 Å². The molecule has 0 aliphatic carbocycles. The quantitative estimate of drug-likeness (QED) is 0.625. The van der Waals surface area contributed by atoms with E-state index in [0.717, 1.165) is 44.9 Å². The highest BCUT2D eigenvalue weighted by Crippen LogP contribution is 2.14. The van der Waals surface area contributed by atoms with Gasteiger partial charge in [-0.15, -0.1) is 0 Å². The molecule has 4 nitrogen and oxygen atoms in total. The van der Waals surface area contributed by atoms with E-state index in [2.05, 4.69) is 15.6 Å². The van der Waals surface area contributed by atoms with E-state index in [4.69, 9.17) is 4.74 Å². The first-order valence-corrected chi connectivity index (χ1v) is 7.66. The summed E-state index contributed by atoms with van der Waals surface area (Å²) in [5, 5.41) is 6.45. The minimum atomic E-state index is -0.212. The van der Waals surface area contributed by atoms with Gasteiger partial charge >= 0.3 is 0 Å². The Bertz CT molecular complexity index is 459. The van der Waals surface area contributed by atoms with E-state index in [9.17, 15) is 4.39 Å². The standard InChI is InChI=1S/C16H24FN3O/c1-2-18-16(19-10-9-14-7-5-11-21-14)20-12-13-6-3-4-8-15(13)17/h3-4,6,8,14H,2,5,7,9-12H2,1H3,(H2,18,19,20). The highest BCUT2D eigenvalue weighted by atomic mass is 19.1. The van der Waals surface area contributed by atoms with Crippen molar-refractivity contribution in [3.8, 4) is 0 Å². The van der Waals surface area contributed by atoms with Crippen LogP contribution in [0.15, 0.2) is 29.3 Å². The molecule has 1 saturated heterocycles. The van der Waals surface area contributed by atoms with Crippen LogP contribution in [0.3, 0.4) is 0 Å². The summed E-state index contributed by atoms with van der Waals surface area (Å²) in [6.45, 7) is 4.82. The van der Waals surface area contributed by atoms with E-state index in [1.165, 1.54) is 6.07 Å². The van der Waals surface area contributed by atoms with Gasteiger partial charge in [0, 0.05) is 25.3 Å². The van der Waals surface area contributed by atoms with Crippen LogP contribution in [0.4, 0.5) is 4.39 Å². The Balaban J connectivity index is 1.82. The molecule has 5 heteroatoms. The maximum Gasteiger partial charge on any atom is 0.191 e. The van der Waals surface area contributed by atoms with Crippen LogP contribution in [0.5, 0.6) is 0 Å². The number of benzene rings is 1. The highest BCUT2D eigenvalue weighted by Gasteiger charge is 2.14. The summed E-state index contributed by atoms with van der Waals surface area (Å²) in [6.07, 6.45) is 3.65. The van der Waals surface area contributed by atoms with Crippen molar-refractivity contribution in [2.45, 2.75) is 38.8 Å². The van der Waals surface area contributed by atoms with Crippen molar-refractivity contribution >= 4 is 5.96 Å².